The lowest BCUT2D eigenvalue weighted by Gasteiger charge is -1.92. The maximum Gasteiger partial charge on any atom is 0.160 e. The largest absolute Gasteiger partial charge is 0.458 e. The Balaban J connectivity index is 2.15. The van der Waals surface area contributed by atoms with Crippen molar-refractivity contribution in [3.63, 3.8) is 0 Å². The second kappa shape index (κ2) is 4.45. The smallest absolute Gasteiger partial charge is 0.160 e. The number of rotatable bonds is 4. The van der Waals surface area contributed by atoms with Crippen molar-refractivity contribution in [1.82, 2.24) is 0 Å². The van der Waals surface area contributed by atoms with Gasteiger partial charge in [0.05, 0.1) is 6.26 Å². The first-order chi connectivity index (χ1) is 4.93. The molecule has 2 heteroatoms. The summed E-state index contributed by atoms with van der Waals surface area (Å²) in [6.45, 7) is 2.20. The van der Waals surface area contributed by atoms with Crippen LogP contribution in [0.3, 0.4) is 0 Å². The van der Waals surface area contributed by atoms with E-state index in [1.165, 1.54) is 18.6 Å². The van der Waals surface area contributed by atoms with E-state index >= 15 is 0 Å². The van der Waals surface area contributed by atoms with Crippen LogP contribution in [0, 0.1) is 0 Å². The Hall–Kier alpha value is -0.370. The molecule has 10 heavy (non-hydrogen) atoms. The fourth-order valence-corrected chi connectivity index (χ4v) is 1.60. The molecule has 0 bridgehead atoms. The average molecular weight is 156 g/mol. The van der Waals surface area contributed by atoms with Crippen molar-refractivity contribution in [3.8, 4) is 0 Å². The molecule has 0 aliphatic heterocycles. The van der Waals surface area contributed by atoms with Crippen LogP contribution in [0.4, 0.5) is 0 Å². The van der Waals surface area contributed by atoms with Crippen molar-refractivity contribution in [2.45, 2.75) is 24.9 Å². The summed E-state index contributed by atoms with van der Waals surface area (Å²) in [7, 11) is 0. The summed E-state index contributed by atoms with van der Waals surface area (Å²) in [6, 6.07) is 3.93. The topological polar surface area (TPSA) is 13.1 Å². The van der Waals surface area contributed by atoms with E-state index in [4.69, 9.17) is 4.42 Å². The molecule has 0 saturated carbocycles. The van der Waals surface area contributed by atoms with Gasteiger partial charge in [0.2, 0.25) is 0 Å². The highest BCUT2D eigenvalue weighted by Crippen LogP contribution is 2.18. The zero-order valence-electron chi connectivity index (χ0n) is 6.17. The predicted octanol–water partition coefficient (Wildman–Crippen LogP) is 3.17. The number of unbranched alkanes of at least 4 members (excludes halogenated alkanes) is 1. The predicted molar refractivity (Wildman–Crippen MR) is 44.3 cm³/mol. The van der Waals surface area contributed by atoms with Crippen LogP contribution >= 0.6 is 11.8 Å². The van der Waals surface area contributed by atoms with E-state index in [9.17, 15) is 0 Å². The molecule has 1 rings (SSSR count). The highest BCUT2D eigenvalue weighted by atomic mass is 32.2. The van der Waals surface area contributed by atoms with Gasteiger partial charge >= 0.3 is 0 Å². The lowest BCUT2D eigenvalue weighted by Crippen LogP contribution is -1.74. The third-order valence-electron chi connectivity index (χ3n) is 1.24. The van der Waals surface area contributed by atoms with Gasteiger partial charge in [-0.15, -0.1) is 0 Å². The standard InChI is InChI=1S/C8H12OS/c1-2-3-7-10-8-5-4-6-9-8/h4-6H,2-3,7H2,1H3. The van der Waals surface area contributed by atoms with E-state index in [0.29, 0.717) is 0 Å². The molecular formula is C8H12OS. The summed E-state index contributed by atoms with van der Waals surface area (Å²) in [5.74, 6) is 1.17. The number of thioether (sulfide) groups is 1. The molecule has 0 amide bonds. The maximum absolute atomic E-state index is 5.14. The van der Waals surface area contributed by atoms with Crippen LogP contribution < -0.4 is 0 Å². The zero-order valence-corrected chi connectivity index (χ0v) is 6.99. The molecule has 0 saturated heterocycles. The molecule has 0 atom stereocenters. The van der Waals surface area contributed by atoms with Gasteiger partial charge < -0.3 is 4.42 Å². The molecule has 56 valence electrons. The van der Waals surface area contributed by atoms with Crippen LogP contribution in [0.1, 0.15) is 19.8 Å². The number of furan rings is 1. The summed E-state index contributed by atoms with van der Waals surface area (Å²) in [5.41, 5.74) is 0. The third-order valence-corrected chi connectivity index (χ3v) is 2.25. The van der Waals surface area contributed by atoms with Gasteiger partial charge in [-0.2, -0.15) is 0 Å². The molecule has 0 unspecified atom stereocenters. The number of hydrogen-bond acceptors (Lipinski definition) is 2. The first-order valence-corrected chi connectivity index (χ1v) is 4.58. The molecule has 0 N–H and O–H groups in total. The summed E-state index contributed by atoms with van der Waals surface area (Å²) >= 11 is 1.78. The van der Waals surface area contributed by atoms with Crippen molar-refractivity contribution in [2.24, 2.45) is 0 Å². The van der Waals surface area contributed by atoms with Crippen molar-refractivity contribution >= 4 is 11.8 Å². The van der Waals surface area contributed by atoms with Gasteiger partial charge in [-0.05, 0) is 18.6 Å². The Kier molecular flexibility index (Phi) is 3.44. The van der Waals surface area contributed by atoms with Crippen LogP contribution in [-0.4, -0.2) is 5.75 Å². The second-order valence-corrected chi connectivity index (χ2v) is 3.23. The molecule has 0 radical (unpaired) electrons. The van der Waals surface area contributed by atoms with Crippen molar-refractivity contribution < 1.29 is 4.42 Å². The van der Waals surface area contributed by atoms with Crippen LogP contribution in [0.15, 0.2) is 27.9 Å². The minimum absolute atomic E-state index is 1.04. The molecule has 0 aliphatic carbocycles. The molecule has 1 aromatic rings. The van der Waals surface area contributed by atoms with Crippen LogP contribution in [0.2, 0.25) is 0 Å². The van der Waals surface area contributed by atoms with E-state index in [1.54, 1.807) is 18.0 Å². The van der Waals surface area contributed by atoms with Crippen molar-refractivity contribution in [1.29, 1.82) is 0 Å². The molecule has 0 fully saturated rings. The van der Waals surface area contributed by atoms with E-state index in [1.807, 2.05) is 12.1 Å². The Morgan fingerprint density at radius 1 is 1.60 bits per heavy atom. The summed E-state index contributed by atoms with van der Waals surface area (Å²) in [4.78, 5) is 0. The highest BCUT2D eigenvalue weighted by molar-refractivity contribution is 7.99. The molecule has 0 aliphatic rings. The van der Waals surface area contributed by atoms with Gasteiger partial charge in [0.15, 0.2) is 5.09 Å². The first kappa shape index (κ1) is 7.73. The zero-order chi connectivity index (χ0) is 7.23. The summed E-state index contributed by atoms with van der Waals surface area (Å²) < 4.78 is 5.14. The van der Waals surface area contributed by atoms with Crippen molar-refractivity contribution in [3.05, 3.63) is 18.4 Å². The molecular weight excluding hydrogens is 144 g/mol. The fraction of sp³-hybridized carbons (Fsp3) is 0.500. The molecule has 0 aromatic carbocycles. The highest BCUT2D eigenvalue weighted by Gasteiger charge is 1.93. The van der Waals surface area contributed by atoms with Crippen LogP contribution in [0.5, 0.6) is 0 Å². The Morgan fingerprint density at radius 2 is 2.50 bits per heavy atom. The third kappa shape index (κ3) is 2.48. The summed E-state index contributed by atoms with van der Waals surface area (Å²) in [6.07, 6.45) is 4.24. The van der Waals surface area contributed by atoms with E-state index in [0.717, 1.165) is 5.09 Å². The van der Waals surface area contributed by atoms with Crippen molar-refractivity contribution in [2.75, 3.05) is 5.75 Å². The van der Waals surface area contributed by atoms with Gasteiger partial charge in [-0.1, -0.05) is 25.1 Å². The quantitative estimate of drug-likeness (QED) is 0.490. The SMILES string of the molecule is CCCCSc1ccco1. The van der Waals surface area contributed by atoms with Gasteiger partial charge in [0.25, 0.3) is 0 Å². The Morgan fingerprint density at radius 3 is 3.10 bits per heavy atom. The molecule has 0 spiro atoms. The summed E-state index contributed by atoms with van der Waals surface area (Å²) in [5, 5.41) is 1.04. The number of hydrogen-bond donors (Lipinski definition) is 0. The van der Waals surface area contributed by atoms with Gasteiger partial charge in [0.1, 0.15) is 0 Å². The lowest BCUT2D eigenvalue weighted by atomic mass is 10.4. The van der Waals surface area contributed by atoms with Gasteiger partial charge in [-0.3, -0.25) is 0 Å². The van der Waals surface area contributed by atoms with Crippen LogP contribution in [0.25, 0.3) is 0 Å². The molecule has 1 aromatic heterocycles. The average Bonchev–Trinajstić information content (AvgIpc) is 2.41. The maximum atomic E-state index is 5.14. The van der Waals surface area contributed by atoms with Gasteiger partial charge in [-0.25, -0.2) is 0 Å². The minimum atomic E-state index is 1.04. The van der Waals surface area contributed by atoms with E-state index in [-0.39, 0.29) is 0 Å². The minimum Gasteiger partial charge on any atom is -0.458 e. The Labute approximate surface area is 65.8 Å². The normalized spacial score (nSPS) is 10.1. The first-order valence-electron chi connectivity index (χ1n) is 3.60. The molecule has 1 nitrogen and oxygen atoms in total. The van der Waals surface area contributed by atoms with E-state index in [2.05, 4.69) is 6.92 Å². The Bertz CT molecular complexity index is 158. The second-order valence-electron chi connectivity index (χ2n) is 2.13. The molecule has 1 heterocycles. The van der Waals surface area contributed by atoms with Crippen LogP contribution in [-0.2, 0) is 0 Å². The fourth-order valence-electron chi connectivity index (χ4n) is 0.663. The van der Waals surface area contributed by atoms with E-state index < -0.39 is 0 Å². The lowest BCUT2D eigenvalue weighted by molar-refractivity contribution is 0.474. The monoisotopic (exact) mass is 156 g/mol. The van der Waals surface area contributed by atoms with Gasteiger partial charge in [0, 0.05) is 5.75 Å².